The summed E-state index contributed by atoms with van der Waals surface area (Å²) in [4.78, 5) is 30.6. The molecule has 7 nitrogen and oxygen atoms in total. The number of benzene rings is 1. The monoisotopic (exact) mass is 375 g/mol. The maximum absolute atomic E-state index is 12.4. The molecule has 0 aromatic heterocycles. The van der Waals surface area contributed by atoms with Crippen LogP contribution in [0.4, 0.5) is 0 Å². The molecule has 1 aromatic carbocycles. The molecule has 0 unspecified atom stereocenters. The molecule has 0 N–H and O–H groups in total. The summed E-state index contributed by atoms with van der Waals surface area (Å²) in [7, 11) is 0. The normalized spacial score (nSPS) is 18.4. The SMILES string of the molecule is Cc1ccc(OCC(=O)N2CCN(C(=O)CCN3CCOCC3)CC2)cc1. The first-order valence-electron chi connectivity index (χ1n) is 9.67. The lowest BCUT2D eigenvalue weighted by molar-refractivity contribution is -0.141. The maximum Gasteiger partial charge on any atom is 0.260 e. The Labute approximate surface area is 160 Å². The Kier molecular flexibility index (Phi) is 7.06. The molecule has 7 heteroatoms. The topological polar surface area (TPSA) is 62.3 Å². The summed E-state index contributed by atoms with van der Waals surface area (Å²) in [6.07, 6.45) is 0.532. The summed E-state index contributed by atoms with van der Waals surface area (Å²) in [5.41, 5.74) is 1.16. The zero-order valence-corrected chi connectivity index (χ0v) is 16.1. The smallest absolute Gasteiger partial charge is 0.260 e. The van der Waals surface area contributed by atoms with Crippen LogP contribution in [0, 0.1) is 6.92 Å². The highest BCUT2D eigenvalue weighted by atomic mass is 16.5. The van der Waals surface area contributed by atoms with E-state index in [4.69, 9.17) is 9.47 Å². The molecule has 2 aliphatic rings. The van der Waals surface area contributed by atoms with E-state index < -0.39 is 0 Å². The third-order valence-electron chi connectivity index (χ3n) is 5.11. The number of carbonyl (C=O) groups is 2. The number of carbonyl (C=O) groups excluding carboxylic acids is 2. The molecule has 0 atom stereocenters. The minimum atomic E-state index is -0.0315. The lowest BCUT2D eigenvalue weighted by Gasteiger charge is -2.35. The van der Waals surface area contributed by atoms with Crippen molar-refractivity contribution in [2.45, 2.75) is 13.3 Å². The average molecular weight is 375 g/mol. The molecule has 2 aliphatic heterocycles. The molecule has 1 aromatic rings. The largest absolute Gasteiger partial charge is 0.484 e. The highest BCUT2D eigenvalue weighted by Crippen LogP contribution is 2.12. The maximum atomic E-state index is 12.4. The van der Waals surface area contributed by atoms with Gasteiger partial charge in [-0.2, -0.15) is 0 Å². The van der Waals surface area contributed by atoms with Crippen molar-refractivity contribution in [1.29, 1.82) is 0 Å². The zero-order valence-electron chi connectivity index (χ0n) is 16.1. The summed E-state index contributed by atoms with van der Waals surface area (Å²) in [6.45, 7) is 8.46. The highest BCUT2D eigenvalue weighted by molar-refractivity contribution is 5.79. The van der Waals surface area contributed by atoms with Gasteiger partial charge in [-0.15, -0.1) is 0 Å². The number of aryl methyl sites for hydroxylation is 1. The van der Waals surface area contributed by atoms with Crippen molar-refractivity contribution < 1.29 is 19.1 Å². The molecule has 3 rings (SSSR count). The van der Waals surface area contributed by atoms with E-state index in [1.807, 2.05) is 36.1 Å². The molecule has 2 heterocycles. The lowest BCUT2D eigenvalue weighted by atomic mass is 10.2. The number of rotatable bonds is 6. The van der Waals surface area contributed by atoms with Crippen molar-refractivity contribution >= 4 is 11.8 Å². The molecular formula is C20H29N3O4. The van der Waals surface area contributed by atoms with Gasteiger partial charge in [-0.3, -0.25) is 14.5 Å². The fourth-order valence-electron chi connectivity index (χ4n) is 3.31. The highest BCUT2D eigenvalue weighted by Gasteiger charge is 2.24. The van der Waals surface area contributed by atoms with Crippen LogP contribution in [0.25, 0.3) is 0 Å². The van der Waals surface area contributed by atoms with Gasteiger partial charge in [0.15, 0.2) is 6.61 Å². The Morgan fingerprint density at radius 2 is 1.52 bits per heavy atom. The van der Waals surface area contributed by atoms with Gasteiger partial charge < -0.3 is 19.3 Å². The Morgan fingerprint density at radius 1 is 0.926 bits per heavy atom. The molecule has 0 aliphatic carbocycles. The summed E-state index contributed by atoms with van der Waals surface area (Å²) in [5.74, 6) is 0.839. The molecule has 2 saturated heterocycles. The van der Waals surface area contributed by atoms with Crippen LogP contribution in [0.1, 0.15) is 12.0 Å². The Hall–Kier alpha value is -2.12. The van der Waals surface area contributed by atoms with E-state index in [1.165, 1.54) is 0 Å². The number of morpholine rings is 1. The van der Waals surface area contributed by atoms with Crippen molar-refractivity contribution in [2.24, 2.45) is 0 Å². The average Bonchev–Trinajstić information content (AvgIpc) is 2.72. The van der Waals surface area contributed by atoms with Crippen LogP contribution in [-0.2, 0) is 14.3 Å². The Balaban J connectivity index is 1.35. The van der Waals surface area contributed by atoms with E-state index in [1.54, 1.807) is 4.90 Å². The van der Waals surface area contributed by atoms with Crippen molar-refractivity contribution in [2.75, 3.05) is 65.6 Å². The van der Waals surface area contributed by atoms with Crippen LogP contribution in [-0.4, -0.2) is 92.1 Å². The molecule has 0 bridgehead atoms. The van der Waals surface area contributed by atoms with Crippen LogP contribution < -0.4 is 4.74 Å². The first kappa shape index (κ1) is 19.6. The summed E-state index contributed by atoms with van der Waals surface area (Å²) in [5, 5.41) is 0. The molecule has 0 spiro atoms. The fraction of sp³-hybridized carbons (Fsp3) is 0.600. The molecule has 2 amide bonds. The second-order valence-corrected chi connectivity index (χ2v) is 7.07. The number of hydrogen-bond donors (Lipinski definition) is 0. The first-order chi connectivity index (χ1) is 13.1. The van der Waals surface area contributed by atoms with Crippen LogP contribution in [0.5, 0.6) is 5.75 Å². The van der Waals surface area contributed by atoms with Crippen LogP contribution in [0.3, 0.4) is 0 Å². The van der Waals surface area contributed by atoms with Gasteiger partial charge >= 0.3 is 0 Å². The Bertz CT molecular complexity index is 621. The number of nitrogens with zero attached hydrogens (tertiary/aromatic N) is 3. The first-order valence-corrected chi connectivity index (χ1v) is 9.67. The Morgan fingerprint density at radius 3 is 2.15 bits per heavy atom. The molecule has 0 radical (unpaired) electrons. The number of piperazine rings is 1. The molecular weight excluding hydrogens is 346 g/mol. The van der Waals surface area contributed by atoms with Crippen LogP contribution >= 0.6 is 0 Å². The van der Waals surface area contributed by atoms with Crippen LogP contribution in [0.15, 0.2) is 24.3 Å². The number of amides is 2. The third-order valence-corrected chi connectivity index (χ3v) is 5.11. The van der Waals surface area contributed by atoms with Gasteiger partial charge in [-0.05, 0) is 19.1 Å². The van der Waals surface area contributed by atoms with Gasteiger partial charge in [-0.1, -0.05) is 17.7 Å². The van der Waals surface area contributed by atoms with Crippen LogP contribution in [0.2, 0.25) is 0 Å². The van der Waals surface area contributed by atoms with Crippen molar-refractivity contribution in [3.8, 4) is 5.75 Å². The standard InChI is InChI=1S/C20H29N3O4/c1-17-2-4-18(5-3-17)27-16-20(25)23-10-8-22(9-11-23)19(24)6-7-21-12-14-26-15-13-21/h2-5H,6-16H2,1H3. The molecule has 148 valence electrons. The molecule has 0 saturated carbocycles. The van der Waals surface area contributed by atoms with Crippen molar-refractivity contribution in [3.05, 3.63) is 29.8 Å². The fourth-order valence-corrected chi connectivity index (χ4v) is 3.31. The zero-order chi connectivity index (χ0) is 19.1. The van der Waals surface area contributed by atoms with Gasteiger partial charge in [0, 0.05) is 52.2 Å². The molecule has 2 fully saturated rings. The van der Waals surface area contributed by atoms with E-state index in [-0.39, 0.29) is 18.4 Å². The van der Waals surface area contributed by atoms with Gasteiger partial charge in [-0.25, -0.2) is 0 Å². The lowest BCUT2D eigenvalue weighted by Crippen LogP contribution is -2.52. The van der Waals surface area contributed by atoms with E-state index in [0.29, 0.717) is 38.3 Å². The van der Waals surface area contributed by atoms with E-state index in [2.05, 4.69) is 4.90 Å². The van der Waals surface area contributed by atoms with E-state index in [0.717, 1.165) is 38.4 Å². The number of hydrogen-bond acceptors (Lipinski definition) is 5. The van der Waals surface area contributed by atoms with Crippen molar-refractivity contribution in [3.63, 3.8) is 0 Å². The van der Waals surface area contributed by atoms with E-state index >= 15 is 0 Å². The van der Waals surface area contributed by atoms with Gasteiger partial charge in [0.2, 0.25) is 5.91 Å². The van der Waals surface area contributed by atoms with Gasteiger partial charge in [0.25, 0.3) is 5.91 Å². The second kappa shape index (κ2) is 9.71. The molecule has 27 heavy (non-hydrogen) atoms. The summed E-state index contributed by atoms with van der Waals surface area (Å²) >= 11 is 0. The third kappa shape index (κ3) is 5.94. The minimum Gasteiger partial charge on any atom is -0.484 e. The minimum absolute atomic E-state index is 0.0315. The quantitative estimate of drug-likeness (QED) is 0.735. The second-order valence-electron chi connectivity index (χ2n) is 7.07. The summed E-state index contributed by atoms with van der Waals surface area (Å²) in [6, 6.07) is 7.66. The number of ether oxygens (including phenoxy) is 2. The predicted octanol–water partition coefficient (Wildman–Crippen LogP) is 0.767. The predicted molar refractivity (Wildman–Crippen MR) is 102 cm³/mol. The van der Waals surface area contributed by atoms with Gasteiger partial charge in [0.1, 0.15) is 5.75 Å². The van der Waals surface area contributed by atoms with Crippen molar-refractivity contribution in [1.82, 2.24) is 14.7 Å². The van der Waals surface area contributed by atoms with Gasteiger partial charge in [0.05, 0.1) is 13.2 Å². The summed E-state index contributed by atoms with van der Waals surface area (Å²) < 4.78 is 10.9. The van der Waals surface area contributed by atoms with E-state index in [9.17, 15) is 9.59 Å².